The average Bonchev–Trinajstić information content (AvgIpc) is 2.83. The molecule has 2 N–H and O–H groups in total. The van der Waals surface area contributed by atoms with Crippen LogP contribution in [0.25, 0.3) is 10.9 Å². The summed E-state index contributed by atoms with van der Waals surface area (Å²) in [5.41, 5.74) is 1.64. The van der Waals surface area contributed by atoms with Crippen LogP contribution in [-0.4, -0.2) is 20.0 Å². The van der Waals surface area contributed by atoms with E-state index in [1.807, 2.05) is 24.4 Å². The van der Waals surface area contributed by atoms with Crippen LogP contribution < -0.4 is 0 Å². The highest BCUT2D eigenvalue weighted by Gasteiger charge is 2.10. The van der Waals surface area contributed by atoms with Crippen LogP contribution in [0.1, 0.15) is 11.7 Å². The number of hydrogen-bond acceptors (Lipinski definition) is 3. The van der Waals surface area contributed by atoms with Crippen LogP contribution in [0, 0.1) is 0 Å². The summed E-state index contributed by atoms with van der Waals surface area (Å²) in [4.78, 5) is 0. The van der Waals surface area contributed by atoms with Crippen LogP contribution in [-0.2, 0) is 6.54 Å². The van der Waals surface area contributed by atoms with Crippen molar-refractivity contribution in [3.05, 3.63) is 58.7 Å². The Labute approximate surface area is 124 Å². The smallest absolute Gasteiger partial charge is 0.115 e. The first-order valence-corrected chi connectivity index (χ1v) is 7.01. The highest BCUT2D eigenvalue weighted by Crippen LogP contribution is 2.24. The Morgan fingerprint density at radius 2 is 1.90 bits per heavy atom. The molecule has 20 heavy (non-hydrogen) atoms. The van der Waals surface area contributed by atoms with E-state index in [2.05, 4.69) is 21.0 Å². The maximum atomic E-state index is 10.2. The molecule has 0 aliphatic heterocycles. The third-order valence-corrected chi connectivity index (χ3v) is 3.87. The zero-order valence-corrected chi connectivity index (χ0v) is 12.2. The van der Waals surface area contributed by atoms with Gasteiger partial charge in [0.25, 0.3) is 0 Å². The molecule has 3 aromatic rings. The van der Waals surface area contributed by atoms with Crippen molar-refractivity contribution in [1.82, 2.24) is 9.78 Å². The molecule has 0 saturated heterocycles. The number of aromatic nitrogens is 2. The standard InChI is InChI=1S/C15H13BrN2O2/c16-13-2-1-3-14-12(13)8-18(17-14)9-15(20)10-4-6-11(19)7-5-10/h1-8,15,19-20H,9H2. The molecule has 5 heteroatoms. The first-order valence-electron chi connectivity index (χ1n) is 6.22. The van der Waals surface area contributed by atoms with Gasteiger partial charge >= 0.3 is 0 Å². The van der Waals surface area contributed by atoms with Crippen molar-refractivity contribution in [3.8, 4) is 5.75 Å². The van der Waals surface area contributed by atoms with Crippen LogP contribution in [0.4, 0.5) is 0 Å². The second-order valence-electron chi connectivity index (χ2n) is 4.63. The van der Waals surface area contributed by atoms with E-state index in [4.69, 9.17) is 0 Å². The van der Waals surface area contributed by atoms with Crippen molar-refractivity contribution in [2.24, 2.45) is 0 Å². The Kier molecular flexibility index (Phi) is 3.46. The van der Waals surface area contributed by atoms with Gasteiger partial charge in [-0.15, -0.1) is 0 Å². The van der Waals surface area contributed by atoms with Crippen LogP contribution in [0.3, 0.4) is 0 Å². The van der Waals surface area contributed by atoms with E-state index in [1.165, 1.54) is 0 Å². The first kappa shape index (κ1) is 13.1. The Morgan fingerprint density at radius 3 is 2.60 bits per heavy atom. The van der Waals surface area contributed by atoms with Crippen LogP contribution in [0.15, 0.2) is 53.1 Å². The number of halogens is 1. The maximum absolute atomic E-state index is 10.2. The van der Waals surface area contributed by atoms with Gasteiger partial charge in [-0.25, -0.2) is 0 Å². The van der Waals surface area contributed by atoms with Crippen LogP contribution in [0.2, 0.25) is 0 Å². The lowest BCUT2D eigenvalue weighted by Crippen LogP contribution is -2.08. The van der Waals surface area contributed by atoms with E-state index in [1.54, 1.807) is 28.9 Å². The molecule has 0 fully saturated rings. The maximum Gasteiger partial charge on any atom is 0.115 e. The summed E-state index contributed by atoms with van der Waals surface area (Å²) in [5, 5.41) is 24.9. The lowest BCUT2D eigenvalue weighted by atomic mass is 10.1. The number of aromatic hydroxyl groups is 1. The highest BCUT2D eigenvalue weighted by molar-refractivity contribution is 9.10. The van der Waals surface area contributed by atoms with E-state index in [0.29, 0.717) is 6.54 Å². The third kappa shape index (κ3) is 2.55. The largest absolute Gasteiger partial charge is 0.508 e. The molecule has 1 unspecified atom stereocenters. The normalized spacial score (nSPS) is 12.7. The van der Waals surface area contributed by atoms with Gasteiger partial charge in [-0.3, -0.25) is 4.68 Å². The fourth-order valence-corrected chi connectivity index (χ4v) is 2.59. The van der Waals surface area contributed by atoms with Gasteiger partial charge in [0, 0.05) is 16.1 Å². The fraction of sp³-hybridized carbons (Fsp3) is 0.133. The monoisotopic (exact) mass is 332 g/mol. The molecular formula is C15H13BrN2O2. The zero-order valence-electron chi connectivity index (χ0n) is 10.6. The number of phenols is 1. The predicted molar refractivity (Wildman–Crippen MR) is 80.5 cm³/mol. The molecule has 0 radical (unpaired) electrons. The molecule has 2 aromatic carbocycles. The van der Waals surface area contributed by atoms with Crippen molar-refractivity contribution >= 4 is 26.8 Å². The minimum Gasteiger partial charge on any atom is -0.508 e. The van der Waals surface area contributed by atoms with Gasteiger partial charge in [0.2, 0.25) is 0 Å². The molecule has 0 bridgehead atoms. The molecule has 1 aromatic heterocycles. The number of hydrogen-bond donors (Lipinski definition) is 2. The summed E-state index contributed by atoms with van der Waals surface area (Å²) < 4.78 is 2.72. The lowest BCUT2D eigenvalue weighted by Gasteiger charge is -2.10. The van der Waals surface area contributed by atoms with E-state index in [9.17, 15) is 10.2 Å². The Morgan fingerprint density at radius 1 is 1.15 bits per heavy atom. The molecule has 1 atom stereocenters. The molecular weight excluding hydrogens is 320 g/mol. The minimum absolute atomic E-state index is 0.190. The number of aliphatic hydroxyl groups excluding tert-OH is 1. The summed E-state index contributed by atoms with van der Waals surface area (Å²) in [6, 6.07) is 12.4. The van der Waals surface area contributed by atoms with E-state index in [-0.39, 0.29) is 5.75 Å². The van der Waals surface area contributed by atoms with Gasteiger partial charge in [0.15, 0.2) is 0 Å². The van der Waals surface area contributed by atoms with E-state index >= 15 is 0 Å². The topological polar surface area (TPSA) is 58.3 Å². The summed E-state index contributed by atoms with van der Waals surface area (Å²) in [6.45, 7) is 0.367. The van der Waals surface area contributed by atoms with E-state index < -0.39 is 6.10 Å². The molecule has 3 rings (SSSR count). The first-order chi connectivity index (χ1) is 9.63. The van der Waals surface area contributed by atoms with Crippen molar-refractivity contribution in [3.63, 3.8) is 0 Å². The molecule has 0 saturated carbocycles. The number of rotatable bonds is 3. The molecule has 0 amide bonds. The van der Waals surface area contributed by atoms with Crippen molar-refractivity contribution in [1.29, 1.82) is 0 Å². The van der Waals surface area contributed by atoms with Crippen LogP contribution >= 0.6 is 15.9 Å². The van der Waals surface area contributed by atoms with Crippen molar-refractivity contribution in [2.45, 2.75) is 12.6 Å². The number of nitrogens with zero attached hydrogens (tertiary/aromatic N) is 2. The second-order valence-corrected chi connectivity index (χ2v) is 5.49. The van der Waals surface area contributed by atoms with Gasteiger partial charge in [0.05, 0.1) is 18.2 Å². The van der Waals surface area contributed by atoms with Gasteiger partial charge in [0.1, 0.15) is 5.75 Å². The SMILES string of the molecule is Oc1ccc(C(O)Cn2cc3c(Br)cccc3n2)cc1. The number of aliphatic hydroxyl groups is 1. The van der Waals surface area contributed by atoms with Crippen molar-refractivity contribution < 1.29 is 10.2 Å². The van der Waals surface area contributed by atoms with Crippen LogP contribution in [0.5, 0.6) is 5.75 Å². The molecule has 0 aliphatic rings. The highest BCUT2D eigenvalue weighted by atomic mass is 79.9. The second kappa shape index (κ2) is 5.26. The predicted octanol–water partition coefficient (Wildman–Crippen LogP) is 3.24. The van der Waals surface area contributed by atoms with Gasteiger partial charge in [-0.1, -0.05) is 34.1 Å². The fourth-order valence-electron chi connectivity index (χ4n) is 2.13. The molecule has 102 valence electrons. The quantitative estimate of drug-likeness (QED) is 0.774. The van der Waals surface area contributed by atoms with Gasteiger partial charge in [-0.05, 0) is 29.8 Å². The Bertz CT molecular complexity index is 737. The number of fused-ring (bicyclic) bond motifs is 1. The summed E-state index contributed by atoms with van der Waals surface area (Å²) >= 11 is 3.49. The number of phenolic OH excluding ortho intramolecular Hbond substituents is 1. The lowest BCUT2D eigenvalue weighted by molar-refractivity contribution is 0.152. The van der Waals surface area contributed by atoms with E-state index in [0.717, 1.165) is 20.9 Å². The van der Waals surface area contributed by atoms with Gasteiger partial charge < -0.3 is 10.2 Å². The molecule has 0 aliphatic carbocycles. The third-order valence-electron chi connectivity index (χ3n) is 3.18. The van der Waals surface area contributed by atoms with Gasteiger partial charge in [-0.2, -0.15) is 5.10 Å². The Hall–Kier alpha value is -1.85. The summed E-state index contributed by atoms with van der Waals surface area (Å²) in [5.74, 6) is 0.190. The molecule has 1 heterocycles. The zero-order chi connectivity index (χ0) is 14.1. The molecule has 0 spiro atoms. The Balaban J connectivity index is 1.85. The minimum atomic E-state index is -0.663. The molecule has 4 nitrogen and oxygen atoms in total. The number of benzene rings is 2. The summed E-state index contributed by atoms with van der Waals surface area (Å²) in [7, 11) is 0. The van der Waals surface area contributed by atoms with Crippen molar-refractivity contribution in [2.75, 3.05) is 0 Å². The average molecular weight is 333 g/mol. The summed E-state index contributed by atoms with van der Waals surface area (Å²) in [6.07, 6.45) is 1.24.